The maximum atomic E-state index is 13.2. The lowest BCUT2D eigenvalue weighted by molar-refractivity contribution is -0.143. The molecule has 2 aromatic carbocycles. The Bertz CT molecular complexity index is 1250. The van der Waals surface area contributed by atoms with E-state index in [0.717, 1.165) is 32.1 Å². The molecule has 1 atom stereocenters. The molecule has 0 aliphatic heterocycles. The van der Waals surface area contributed by atoms with Crippen LogP contribution in [0, 0.1) is 0 Å². The lowest BCUT2D eigenvalue weighted by atomic mass is 10.1. The van der Waals surface area contributed by atoms with Crippen LogP contribution in [-0.2, 0) is 21.9 Å². The molecule has 2 amide bonds. The SMILES string of the molecule is CCCCCCCC(=O)N[C@@H](CCCCNc1c(Nc2cc(C(F)(F)F)cc(C(F)(F)F)c2)c(=O)c1=O)C(=O)N(C)C. The fourth-order valence-corrected chi connectivity index (χ4v) is 4.26. The Kier molecular flexibility index (Phi) is 12.4. The second-order valence-corrected chi connectivity index (χ2v) is 10.3. The van der Waals surface area contributed by atoms with Gasteiger partial charge in [-0.05, 0) is 43.9 Å². The molecule has 14 heteroatoms. The standard InChI is InChI=1S/C28H36F6N4O4/c1-4-5-6-7-8-12-21(39)37-20(26(42)38(2)3)11-9-10-13-35-22-23(25(41)24(22)40)36-19-15-17(27(29,30)31)14-18(16-19)28(32,33)34/h14-16,20,35-36H,4-13H2,1-3H3,(H,37,39)/t20-/m0/s1. The van der Waals surface area contributed by atoms with Crippen LogP contribution in [0.1, 0.15) is 75.8 Å². The van der Waals surface area contributed by atoms with Crippen LogP contribution in [0.2, 0.25) is 0 Å². The van der Waals surface area contributed by atoms with E-state index in [0.29, 0.717) is 37.8 Å². The maximum Gasteiger partial charge on any atom is 0.416 e. The number of halogens is 6. The molecule has 234 valence electrons. The summed E-state index contributed by atoms with van der Waals surface area (Å²) in [6.45, 7) is 2.21. The third-order valence-electron chi connectivity index (χ3n) is 6.57. The van der Waals surface area contributed by atoms with E-state index in [2.05, 4.69) is 22.9 Å². The lowest BCUT2D eigenvalue weighted by Crippen LogP contribution is -2.46. The number of nitrogens with zero attached hydrogens (tertiary/aromatic N) is 1. The molecule has 0 aliphatic rings. The summed E-state index contributed by atoms with van der Waals surface area (Å²) in [5.41, 5.74) is -6.55. The van der Waals surface area contributed by atoms with Gasteiger partial charge in [-0.2, -0.15) is 26.3 Å². The summed E-state index contributed by atoms with van der Waals surface area (Å²) in [4.78, 5) is 50.4. The zero-order valence-corrected chi connectivity index (χ0v) is 23.7. The van der Waals surface area contributed by atoms with Crippen LogP contribution in [0.5, 0.6) is 0 Å². The van der Waals surface area contributed by atoms with Gasteiger partial charge in [0.25, 0.3) is 10.9 Å². The molecule has 8 nitrogen and oxygen atoms in total. The van der Waals surface area contributed by atoms with Crippen molar-refractivity contribution in [1.29, 1.82) is 0 Å². The number of likely N-dealkylation sites (N-methyl/N-ethyl adjacent to an activating group) is 1. The smallest absolute Gasteiger partial charge is 0.380 e. The number of benzene rings is 1. The van der Waals surface area contributed by atoms with E-state index in [1.54, 1.807) is 14.1 Å². The van der Waals surface area contributed by atoms with Gasteiger partial charge in [0.15, 0.2) is 0 Å². The summed E-state index contributed by atoms with van der Waals surface area (Å²) in [6, 6.07) is 0.0288. The average Bonchev–Trinajstić information content (AvgIpc) is 2.91. The molecule has 0 saturated heterocycles. The number of carbonyl (C=O) groups excluding carboxylic acids is 2. The molecule has 0 spiro atoms. The van der Waals surface area contributed by atoms with Crippen molar-refractivity contribution < 1.29 is 35.9 Å². The van der Waals surface area contributed by atoms with Gasteiger partial charge in [0, 0.05) is 32.7 Å². The molecular weight excluding hydrogens is 570 g/mol. The third-order valence-corrected chi connectivity index (χ3v) is 6.57. The van der Waals surface area contributed by atoms with Crippen molar-refractivity contribution in [3.8, 4) is 0 Å². The number of amides is 2. The van der Waals surface area contributed by atoms with Crippen LogP contribution in [0.3, 0.4) is 0 Å². The van der Waals surface area contributed by atoms with E-state index in [9.17, 15) is 45.5 Å². The Morgan fingerprint density at radius 1 is 0.810 bits per heavy atom. The summed E-state index contributed by atoms with van der Waals surface area (Å²) in [5.74, 6) is -0.511. The highest BCUT2D eigenvalue weighted by Crippen LogP contribution is 2.38. The summed E-state index contributed by atoms with van der Waals surface area (Å²) in [7, 11) is 3.13. The maximum absolute atomic E-state index is 13.2. The molecule has 2 aromatic rings. The Balaban J connectivity index is 1.99. The Morgan fingerprint density at radius 2 is 1.38 bits per heavy atom. The van der Waals surface area contributed by atoms with Crippen LogP contribution in [-0.4, -0.2) is 43.4 Å². The van der Waals surface area contributed by atoms with E-state index >= 15 is 0 Å². The first kappa shape index (κ1) is 34.6. The van der Waals surface area contributed by atoms with Crippen molar-refractivity contribution in [3.63, 3.8) is 0 Å². The Hall–Kier alpha value is -3.58. The Morgan fingerprint density at radius 3 is 1.93 bits per heavy atom. The first-order valence-corrected chi connectivity index (χ1v) is 13.7. The number of rotatable bonds is 16. The summed E-state index contributed by atoms with van der Waals surface area (Å²) in [6.07, 6.45) is -3.90. The molecular formula is C28H36F6N4O4. The van der Waals surface area contributed by atoms with Gasteiger partial charge in [0.1, 0.15) is 17.4 Å². The zero-order chi connectivity index (χ0) is 31.7. The Labute approximate surface area is 239 Å². The van der Waals surface area contributed by atoms with Crippen LogP contribution in [0.15, 0.2) is 27.8 Å². The third kappa shape index (κ3) is 10.1. The number of hydrogen-bond donors (Lipinski definition) is 3. The minimum absolute atomic E-state index is 0.0448. The fourth-order valence-electron chi connectivity index (χ4n) is 4.26. The highest BCUT2D eigenvalue weighted by atomic mass is 19.4. The van der Waals surface area contributed by atoms with Crippen LogP contribution in [0.25, 0.3) is 0 Å². The van der Waals surface area contributed by atoms with E-state index < -0.39 is 51.8 Å². The average molecular weight is 607 g/mol. The van der Waals surface area contributed by atoms with E-state index in [4.69, 9.17) is 0 Å². The van der Waals surface area contributed by atoms with Crippen LogP contribution >= 0.6 is 0 Å². The molecule has 0 saturated carbocycles. The number of carbonyl (C=O) groups is 2. The first-order chi connectivity index (χ1) is 19.6. The monoisotopic (exact) mass is 606 g/mol. The molecule has 0 aliphatic carbocycles. The van der Waals surface area contributed by atoms with E-state index in [1.165, 1.54) is 4.90 Å². The van der Waals surface area contributed by atoms with E-state index in [-0.39, 0.29) is 30.1 Å². The minimum atomic E-state index is -5.08. The lowest BCUT2D eigenvalue weighted by Gasteiger charge is -2.22. The number of alkyl halides is 6. The minimum Gasteiger partial charge on any atom is -0.380 e. The summed E-state index contributed by atoms with van der Waals surface area (Å²) in [5, 5.41) is 7.67. The number of anilines is 3. The van der Waals surface area contributed by atoms with Gasteiger partial charge in [-0.25, -0.2) is 0 Å². The number of unbranched alkanes of at least 4 members (excludes halogenated alkanes) is 5. The summed E-state index contributed by atoms with van der Waals surface area (Å²) >= 11 is 0. The van der Waals surface area contributed by atoms with Crippen molar-refractivity contribution in [3.05, 3.63) is 49.8 Å². The molecule has 0 unspecified atom stereocenters. The molecule has 2 rings (SSSR count). The van der Waals surface area contributed by atoms with Crippen molar-refractivity contribution >= 4 is 28.9 Å². The molecule has 0 radical (unpaired) electrons. The summed E-state index contributed by atoms with van der Waals surface area (Å²) < 4.78 is 78.9. The van der Waals surface area contributed by atoms with Crippen molar-refractivity contribution in [2.24, 2.45) is 0 Å². The number of nitrogens with one attached hydrogen (secondary N) is 3. The topological polar surface area (TPSA) is 108 Å². The second-order valence-electron chi connectivity index (χ2n) is 10.3. The normalized spacial score (nSPS) is 12.7. The van der Waals surface area contributed by atoms with E-state index in [1.807, 2.05) is 0 Å². The number of hydrogen-bond acceptors (Lipinski definition) is 6. The highest BCUT2D eigenvalue weighted by Gasteiger charge is 2.37. The molecule has 0 heterocycles. The second kappa shape index (κ2) is 15.1. The van der Waals surface area contributed by atoms with Gasteiger partial charge < -0.3 is 20.9 Å². The van der Waals surface area contributed by atoms with Gasteiger partial charge in [-0.15, -0.1) is 0 Å². The van der Waals surface area contributed by atoms with Gasteiger partial charge in [0.05, 0.1) is 11.1 Å². The van der Waals surface area contributed by atoms with Gasteiger partial charge in [0.2, 0.25) is 11.8 Å². The van der Waals surface area contributed by atoms with Crippen molar-refractivity contribution in [1.82, 2.24) is 10.2 Å². The highest BCUT2D eigenvalue weighted by molar-refractivity contribution is 5.87. The van der Waals surface area contributed by atoms with Gasteiger partial charge >= 0.3 is 12.4 Å². The predicted molar refractivity (Wildman–Crippen MR) is 147 cm³/mol. The molecule has 0 fully saturated rings. The van der Waals surface area contributed by atoms with Gasteiger partial charge in [-0.3, -0.25) is 19.2 Å². The molecule has 0 bridgehead atoms. The van der Waals surface area contributed by atoms with Crippen molar-refractivity contribution in [2.75, 3.05) is 31.3 Å². The largest absolute Gasteiger partial charge is 0.416 e. The fraction of sp³-hybridized carbons (Fsp3) is 0.571. The zero-order valence-electron chi connectivity index (χ0n) is 23.7. The van der Waals surface area contributed by atoms with Crippen molar-refractivity contribution in [2.45, 2.75) is 83.1 Å². The molecule has 42 heavy (non-hydrogen) atoms. The predicted octanol–water partition coefficient (Wildman–Crippen LogP) is 5.58. The first-order valence-electron chi connectivity index (χ1n) is 13.7. The molecule has 3 N–H and O–H groups in total. The van der Waals surface area contributed by atoms with Crippen LogP contribution in [0.4, 0.5) is 43.4 Å². The van der Waals surface area contributed by atoms with Crippen LogP contribution < -0.4 is 26.8 Å². The van der Waals surface area contributed by atoms with Gasteiger partial charge in [-0.1, -0.05) is 32.6 Å². The molecule has 0 aromatic heterocycles. The quantitative estimate of drug-likeness (QED) is 0.131.